The summed E-state index contributed by atoms with van der Waals surface area (Å²) in [6, 6.07) is -0.904. The van der Waals surface area contributed by atoms with Crippen LogP contribution in [0.15, 0.2) is 0 Å². The fourth-order valence-electron chi connectivity index (χ4n) is 1.75. The van der Waals surface area contributed by atoms with E-state index in [1.165, 1.54) is 0 Å². The van der Waals surface area contributed by atoms with Crippen molar-refractivity contribution in [2.24, 2.45) is 11.7 Å². The first kappa shape index (κ1) is 18.9. The lowest BCUT2D eigenvalue weighted by molar-refractivity contribution is -0.138. The standard InChI is InChI=1S/C13H22N2O6/c1-8(4-2-6-10(16)17)13(21)15-9(12(14)20)5-3-7-11(18)19/h8-9H,2-7H2,1H3,(H2,14,20)(H,15,21)(H,16,17)(H,18,19)/t8-,9-/m0/s1. The van der Waals surface area contributed by atoms with Crippen molar-refractivity contribution in [1.29, 1.82) is 0 Å². The topological polar surface area (TPSA) is 147 Å². The molecule has 0 rings (SSSR count). The van der Waals surface area contributed by atoms with Crippen LogP contribution < -0.4 is 11.1 Å². The Labute approximate surface area is 122 Å². The van der Waals surface area contributed by atoms with Crippen molar-refractivity contribution in [2.45, 2.75) is 51.5 Å². The molecule has 21 heavy (non-hydrogen) atoms. The van der Waals surface area contributed by atoms with Gasteiger partial charge in [-0.2, -0.15) is 0 Å². The van der Waals surface area contributed by atoms with E-state index in [4.69, 9.17) is 15.9 Å². The van der Waals surface area contributed by atoms with Gasteiger partial charge in [0, 0.05) is 18.8 Å². The molecular weight excluding hydrogens is 280 g/mol. The van der Waals surface area contributed by atoms with Gasteiger partial charge in [-0.15, -0.1) is 0 Å². The highest BCUT2D eigenvalue weighted by Gasteiger charge is 2.21. The van der Waals surface area contributed by atoms with E-state index in [2.05, 4.69) is 5.32 Å². The predicted octanol–water partition coefficient (Wildman–Crippen LogP) is 0.102. The van der Waals surface area contributed by atoms with Crippen molar-refractivity contribution >= 4 is 23.8 Å². The Morgan fingerprint density at radius 2 is 1.48 bits per heavy atom. The molecule has 0 aliphatic carbocycles. The van der Waals surface area contributed by atoms with Gasteiger partial charge in [0.15, 0.2) is 0 Å². The van der Waals surface area contributed by atoms with E-state index < -0.39 is 29.8 Å². The second-order valence-electron chi connectivity index (χ2n) is 4.94. The lowest BCUT2D eigenvalue weighted by Crippen LogP contribution is -2.46. The summed E-state index contributed by atoms with van der Waals surface area (Å²) in [5.41, 5.74) is 5.16. The van der Waals surface area contributed by atoms with Crippen molar-refractivity contribution in [3.63, 3.8) is 0 Å². The number of carboxylic acids is 2. The van der Waals surface area contributed by atoms with Gasteiger partial charge in [-0.3, -0.25) is 19.2 Å². The number of hydrogen-bond acceptors (Lipinski definition) is 4. The molecular formula is C13H22N2O6. The minimum absolute atomic E-state index is 0.0184. The number of carbonyl (C=O) groups is 4. The van der Waals surface area contributed by atoms with Gasteiger partial charge in [0.05, 0.1) is 0 Å². The Hall–Kier alpha value is -2.12. The number of amides is 2. The zero-order valence-electron chi connectivity index (χ0n) is 12.0. The van der Waals surface area contributed by atoms with Crippen molar-refractivity contribution in [1.82, 2.24) is 5.32 Å². The Kier molecular flexibility index (Phi) is 8.75. The van der Waals surface area contributed by atoms with Gasteiger partial charge >= 0.3 is 11.9 Å². The summed E-state index contributed by atoms with van der Waals surface area (Å²) < 4.78 is 0. The summed E-state index contributed by atoms with van der Waals surface area (Å²) in [4.78, 5) is 43.9. The molecule has 2 amide bonds. The van der Waals surface area contributed by atoms with Crippen LogP contribution >= 0.6 is 0 Å². The van der Waals surface area contributed by atoms with Crippen molar-refractivity contribution in [3.8, 4) is 0 Å². The third-order valence-corrected chi connectivity index (χ3v) is 3.02. The van der Waals surface area contributed by atoms with E-state index in [1.54, 1.807) is 6.92 Å². The maximum atomic E-state index is 11.8. The van der Waals surface area contributed by atoms with Crippen LogP contribution in [-0.2, 0) is 19.2 Å². The van der Waals surface area contributed by atoms with Gasteiger partial charge < -0.3 is 21.3 Å². The average Bonchev–Trinajstić information content (AvgIpc) is 2.36. The number of primary amides is 1. The zero-order valence-corrected chi connectivity index (χ0v) is 12.0. The van der Waals surface area contributed by atoms with E-state index in [0.29, 0.717) is 12.8 Å². The molecule has 0 aliphatic heterocycles. The van der Waals surface area contributed by atoms with Gasteiger partial charge in [-0.05, 0) is 25.7 Å². The molecule has 120 valence electrons. The van der Waals surface area contributed by atoms with Crippen LogP contribution in [0.4, 0.5) is 0 Å². The van der Waals surface area contributed by atoms with Crippen LogP contribution in [0.25, 0.3) is 0 Å². The lowest BCUT2D eigenvalue weighted by Gasteiger charge is -2.18. The predicted molar refractivity (Wildman–Crippen MR) is 73.3 cm³/mol. The molecule has 0 heterocycles. The van der Waals surface area contributed by atoms with E-state index in [0.717, 1.165) is 0 Å². The van der Waals surface area contributed by atoms with Crippen LogP contribution in [0.5, 0.6) is 0 Å². The highest BCUT2D eigenvalue weighted by Crippen LogP contribution is 2.09. The summed E-state index contributed by atoms with van der Waals surface area (Å²) >= 11 is 0. The van der Waals surface area contributed by atoms with Crippen LogP contribution in [0.2, 0.25) is 0 Å². The summed E-state index contributed by atoms with van der Waals surface area (Å²) in [6.07, 6.45) is 1.03. The SMILES string of the molecule is C[C@@H](CCCC(=O)O)C(=O)N[C@@H](CCCC(=O)O)C(N)=O. The molecule has 5 N–H and O–H groups in total. The Morgan fingerprint density at radius 1 is 1.00 bits per heavy atom. The molecule has 8 heteroatoms. The molecule has 0 fully saturated rings. The molecule has 0 bridgehead atoms. The first-order valence-corrected chi connectivity index (χ1v) is 6.77. The first-order chi connectivity index (χ1) is 9.73. The van der Waals surface area contributed by atoms with Crippen LogP contribution in [-0.4, -0.2) is 40.0 Å². The first-order valence-electron chi connectivity index (χ1n) is 6.77. The van der Waals surface area contributed by atoms with Crippen LogP contribution in [0.3, 0.4) is 0 Å². The van der Waals surface area contributed by atoms with Gasteiger partial charge in [-0.25, -0.2) is 0 Å². The summed E-state index contributed by atoms with van der Waals surface area (Å²) in [6.45, 7) is 1.63. The molecule has 8 nitrogen and oxygen atoms in total. The van der Waals surface area contributed by atoms with E-state index in [9.17, 15) is 19.2 Å². The molecule has 0 aromatic rings. The molecule has 0 aliphatic rings. The Morgan fingerprint density at radius 3 is 1.90 bits per heavy atom. The number of nitrogens with one attached hydrogen (secondary N) is 1. The number of carboxylic acid groups (broad SMARTS) is 2. The lowest BCUT2D eigenvalue weighted by atomic mass is 10.0. The molecule has 0 aromatic carbocycles. The summed E-state index contributed by atoms with van der Waals surface area (Å²) in [5, 5.41) is 19.5. The third kappa shape index (κ3) is 9.42. The quantitative estimate of drug-likeness (QED) is 0.425. The normalized spacial score (nSPS) is 13.2. The molecule has 0 saturated carbocycles. The minimum Gasteiger partial charge on any atom is -0.481 e. The van der Waals surface area contributed by atoms with Crippen LogP contribution in [0.1, 0.15) is 45.4 Å². The molecule has 0 saturated heterocycles. The zero-order chi connectivity index (χ0) is 16.4. The van der Waals surface area contributed by atoms with E-state index >= 15 is 0 Å². The van der Waals surface area contributed by atoms with Gasteiger partial charge in [0.2, 0.25) is 11.8 Å². The number of carbonyl (C=O) groups excluding carboxylic acids is 2. The van der Waals surface area contributed by atoms with Crippen molar-refractivity contribution < 1.29 is 29.4 Å². The van der Waals surface area contributed by atoms with Gasteiger partial charge in [0.25, 0.3) is 0 Å². The molecule has 0 radical (unpaired) electrons. The fraction of sp³-hybridized carbons (Fsp3) is 0.692. The van der Waals surface area contributed by atoms with Crippen molar-refractivity contribution in [3.05, 3.63) is 0 Å². The number of aliphatic carboxylic acids is 2. The van der Waals surface area contributed by atoms with E-state index in [1.807, 2.05) is 0 Å². The van der Waals surface area contributed by atoms with Gasteiger partial charge in [-0.1, -0.05) is 6.92 Å². The largest absolute Gasteiger partial charge is 0.481 e. The minimum atomic E-state index is -0.980. The number of hydrogen-bond donors (Lipinski definition) is 4. The highest BCUT2D eigenvalue weighted by molar-refractivity contribution is 5.87. The smallest absolute Gasteiger partial charge is 0.303 e. The molecule has 2 atom stereocenters. The van der Waals surface area contributed by atoms with Crippen LogP contribution in [0, 0.1) is 5.92 Å². The maximum Gasteiger partial charge on any atom is 0.303 e. The third-order valence-electron chi connectivity index (χ3n) is 3.02. The molecule has 0 spiro atoms. The fourth-order valence-corrected chi connectivity index (χ4v) is 1.75. The summed E-state index contributed by atoms with van der Waals surface area (Å²) in [5.74, 6) is -3.45. The maximum absolute atomic E-state index is 11.8. The Bertz CT molecular complexity index is 396. The second kappa shape index (κ2) is 9.73. The monoisotopic (exact) mass is 302 g/mol. The molecule has 0 unspecified atom stereocenters. The summed E-state index contributed by atoms with van der Waals surface area (Å²) in [7, 11) is 0. The number of nitrogens with two attached hydrogens (primary N) is 1. The highest BCUT2D eigenvalue weighted by atomic mass is 16.4. The van der Waals surface area contributed by atoms with E-state index in [-0.39, 0.29) is 31.6 Å². The molecule has 0 aromatic heterocycles. The Balaban J connectivity index is 4.23. The van der Waals surface area contributed by atoms with Gasteiger partial charge in [0.1, 0.15) is 6.04 Å². The second-order valence-corrected chi connectivity index (χ2v) is 4.94. The van der Waals surface area contributed by atoms with Crippen molar-refractivity contribution in [2.75, 3.05) is 0 Å². The number of rotatable bonds is 11. The average molecular weight is 302 g/mol.